The summed E-state index contributed by atoms with van der Waals surface area (Å²) in [5, 5.41) is 13.1. The molecule has 0 unspecified atom stereocenters. The van der Waals surface area contributed by atoms with Crippen molar-refractivity contribution in [2.24, 2.45) is 11.1 Å². The number of nitrogens with one attached hydrogen (secondary N) is 1. The van der Waals surface area contributed by atoms with Crippen molar-refractivity contribution in [3.05, 3.63) is 29.5 Å². The van der Waals surface area contributed by atoms with E-state index in [0.717, 1.165) is 11.4 Å². The Bertz CT molecular complexity index is 879. The third kappa shape index (κ3) is 8.58. The zero-order valence-corrected chi connectivity index (χ0v) is 19.9. The lowest BCUT2D eigenvalue weighted by atomic mass is 9.95. The van der Waals surface area contributed by atoms with E-state index in [-0.39, 0.29) is 12.6 Å². The summed E-state index contributed by atoms with van der Waals surface area (Å²) in [7, 11) is 1.63. The SMILES string of the molecule is CC(C)(C#N)COc1nccc(-c2cc(NC3CCCCC3)ncc2Cl)n1.COCCN. The highest BCUT2D eigenvalue weighted by molar-refractivity contribution is 6.33. The van der Waals surface area contributed by atoms with Crippen molar-refractivity contribution in [3.8, 4) is 23.3 Å². The minimum absolute atomic E-state index is 0.214. The van der Waals surface area contributed by atoms with Crippen LogP contribution in [0.3, 0.4) is 0 Å². The van der Waals surface area contributed by atoms with E-state index in [9.17, 15) is 0 Å². The molecular weight excluding hydrogens is 428 g/mol. The van der Waals surface area contributed by atoms with Gasteiger partial charge in [0.05, 0.1) is 28.8 Å². The number of nitrogens with two attached hydrogens (primary N) is 1. The summed E-state index contributed by atoms with van der Waals surface area (Å²) >= 11 is 6.36. The second-order valence-electron chi connectivity index (χ2n) is 8.32. The number of nitriles is 1. The average molecular weight is 461 g/mol. The second kappa shape index (κ2) is 13.2. The smallest absolute Gasteiger partial charge is 0.316 e. The summed E-state index contributed by atoms with van der Waals surface area (Å²) in [6, 6.07) is 6.58. The molecule has 0 saturated heterocycles. The third-order valence-electron chi connectivity index (χ3n) is 4.91. The van der Waals surface area contributed by atoms with E-state index in [2.05, 4.69) is 31.1 Å². The molecule has 0 amide bonds. The summed E-state index contributed by atoms with van der Waals surface area (Å²) in [6.07, 6.45) is 9.42. The summed E-state index contributed by atoms with van der Waals surface area (Å²) in [5.41, 5.74) is 5.84. The maximum absolute atomic E-state index is 9.10. The van der Waals surface area contributed by atoms with E-state index in [1.165, 1.54) is 32.1 Å². The van der Waals surface area contributed by atoms with Crippen LogP contribution in [-0.4, -0.2) is 47.9 Å². The molecule has 0 bridgehead atoms. The summed E-state index contributed by atoms with van der Waals surface area (Å²) in [6.45, 7) is 5.11. The number of nitrogens with zero attached hydrogens (tertiary/aromatic N) is 4. The Labute approximate surface area is 195 Å². The van der Waals surface area contributed by atoms with E-state index >= 15 is 0 Å². The highest BCUT2D eigenvalue weighted by Gasteiger charge is 2.19. The normalized spacial score (nSPS) is 14.1. The maximum atomic E-state index is 9.10. The lowest BCUT2D eigenvalue weighted by molar-refractivity contribution is 0.207. The Morgan fingerprint density at radius 3 is 2.66 bits per heavy atom. The molecule has 8 nitrogen and oxygen atoms in total. The minimum Gasteiger partial charge on any atom is -0.462 e. The Balaban J connectivity index is 0.000000654. The molecule has 1 aliphatic rings. The van der Waals surface area contributed by atoms with Gasteiger partial charge in [-0.1, -0.05) is 30.9 Å². The minimum atomic E-state index is -0.606. The highest BCUT2D eigenvalue weighted by Crippen LogP contribution is 2.30. The fourth-order valence-electron chi connectivity index (χ4n) is 3.13. The van der Waals surface area contributed by atoms with Crippen molar-refractivity contribution in [1.29, 1.82) is 5.26 Å². The van der Waals surface area contributed by atoms with Crippen molar-refractivity contribution in [2.45, 2.75) is 52.0 Å². The van der Waals surface area contributed by atoms with Gasteiger partial charge in [0.1, 0.15) is 12.4 Å². The zero-order valence-electron chi connectivity index (χ0n) is 19.1. The molecule has 9 heteroatoms. The van der Waals surface area contributed by atoms with Crippen LogP contribution in [0.4, 0.5) is 5.82 Å². The quantitative estimate of drug-likeness (QED) is 0.592. The van der Waals surface area contributed by atoms with Crippen LogP contribution in [0.5, 0.6) is 6.01 Å². The van der Waals surface area contributed by atoms with Crippen LogP contribution in [-0.2, 0) is 4.74 Å². The van der Waals surface area contributed by atoms with Crippen molar-refractivity contribution in [1.82, 2.24) is 15.0 Å². The molecule has 0 aliphatic heterocycles. The standard InChI is InChI=1S/C20H24ClN5O.C3H9NO/c1-20(2,12-22)13-27-19-23-9-8-17(26-19)15-10-18(24-11-16(15)21)25-14-6-4-3-5-7-14;1-5-3-2-4/h8-11,14H,3-7,13H2,1-2H3,(H,24,25);2-4H2,1H3. The predicted octanol–water partition coefficient (Wildman–Crippen LogP) is 4.46. The monoisotopic (exact) mass is 460 g/mol. The van der Waals surface area contributed by atoms with E-state index < -0.39 is 5.41 Å². The Morgan fingerprint density at radius 1 is 1.28 bits per heavy atom. The molecule has 3 N–H and O–H groups in total. The molecule has 0 atom stereocenters. The Hall–Kier alpha value is -2.47. The lowest BCUT2D eigenvalue weighted by Crippen LogP contribution is -2.22. The molecule has 0 radical (unpaired) electrons. The van der Waals surface area contributed by atoms with Crippen molar-refractivity contribution in [2.75, 3.05) is 32.2 Å². The first-order chi connectivity index (χ1) is 15.4. The van der Waals surface area contributed by atoms with Crippen molar-refractivity contribution >= 4 is 17.4 Å². The first kappa shape index (κ1) is 25.8. The van der Waals surface area contributed by atoms with Gasteiger partial charge in [-0.25, -0.2) is 9.97 Å². The Kier molecular flexibility index (Phi) is 10.6. The number of ether oxygens (including phenoxy) is 2. The van der Waals surface area contributed by atoms with Gasteiger partial charge in [-0.3, -0.25) is 0 Å². The van der Waals surface area contributed by atoms with Gasteiger partial charge in [0.15, 0.2) is 0 Å². The van der Waals surface area contributed by atoms with Gasteiger partial charge in [-0.2, -0.15) is 10.2 Å². The fourth-order valence-corrected chi connectivity index (χ4v) is 3.33. The highest BCUT2D eigenvalue weighted by atomic mass is 35.5. The number of hydrogen-bond donors (Lipinski definition) is 2. The fraction of sp³-hybridized carbons (Fsp3) is 0.565. The van der Waals surface area contributed by atoms with Gasteiger partial charge in [-0.05, 0) is 38.8 Å². The van der Waals surface area contributed by atoms with Crippen molar-refractivity contribution < 1.29 is 9.47 Å². The number of anilines is 1. The van der Waals surface area contributed by atoms with Gasteiger partial charge in [0, 0.05) is 37.7 Å². The van der Waals surface area contributed by atoms with Crippen LogP contribution in [0.25, 0.3) is 11.3 Å². The van der Waals surface area contributed by atoms with Crippen LogP contribution >= 0.6 is 11.6 Å². The number of aromatic nitrogens is 3. The van der Waals surface area contributed by atoms with Gasteiger partial charge in [0.2, 0.25) is 0 Å². The number of methoxy groups -OCH3 is 1. The molecule has 2 aromatic heterocycles. The molecular formula is C23H33ClN6O2. The molecule has 174 valence electrons. The van der Waals surface area contributed by atoms with Gasteiger partial charge < -0.3 is 20.5 Å². The number of rotatable bonds is 8. The molecule has 3 rings (SSSR count). The number of halogens is 1. The van der Waals surface area contributed by atoms with Crippen LogP contribution in [0.15, 0.2) is 24.5 Å². The lowest BCUT2D eigenvalue weighted by Gasteiger charge is -2.23. The molecule has 1 fully saturated rings. The molecule has 1 aliphatic carbocycles. The molecule has 2 aromatic rings. The summed E-state index contributed by atoms with van der Waals surface area (Å²) in [4.78, 5) is 13.0. The Morgan fingerprint density at radius 2 is 2.03 bits per heavy atom. The zero-order chi connectivity index (χ0) is 23.4. The summed E-state index contributed by atoms with van der Waals surface area (Å²) < 4.78 is 10.2. The molecule has 2 heterocycles. The van der Waals surface area contributed by atoms with Crippen LogP contribution in [0.1, 0.15) is 46.0 Å². The van der Waals surface area contributed by atoms with E-state index in [1.807, 2.05) is 6.07 Å². The third-order valence-corrected chi connectivity index (χ3v) is 5.21. The number of hydrogen-bond acceptors (Lipinski definition) is 8. The average Bonchev–Trinajstić information content (AvgIpc) is 2.81. The molecule has 32 heavy (non-hydrogen) atoms. The maximum Gasteiger partial charge on any atom is 0.316 e. The second-order valence-corrected chi connectivity index (χ2v) is 8.73. The van der Waals surface area contributed by atoms with E-state index in [0.29, 0.717) is 29.9 Å². The first-order valence-corrected chi connectivity index (χ1v) is 11.2. The first-order valence-electron chi connectivity index (χ1n) is 10.9. The summed E-state index contributed by atoms with van der Waals surface area (Å²) in [5.74, 6) is 0.799. The molecule has 1 saturated carbocycles. The van der Waals surface area contributed by atoms with E-state index in [4.69, 9.17) is 27.3 Å². The predicted molar refractivity (Wildman–Crippen MR) is 127 cm³/mol. The molecule has 0 spiro atoms. The van der Waals surface area contributed by atoms with Crippen LogP contribution in [0.2, 0.25) is 5.02 Å². The topological polar surface area (TPSA) is 119 Å². The van der Waals surface area contributed by atoms with Crippen LogP contribution in [0, 0.1) is 16.7 Å². The number of pyridine rings is 1. The van der Waals surface area contributed by atoms with E-state index in [1.54, 1.807) is 39.4 Å². The van der Waals surface area contributed by atoms with Gasteiger partial charge >= 0.3 is 6.01 Å². The molecule has 0 aromatic carbocycles. The van der Waals surface area contributed by atoms with Crippen molar-refractivity contribution in [3.63, 3.8) is 0 Å². The largest absolute Gasteiger partial charge is 0.462 e. The van der Waals surface area contributed by atoms with Crippen LogP contribution < -0.4 is 15.8 Å². The van der Waals surface area contributed by atoms with Gasteiger partial charge in [0.25, 0.3) is 0 Å². The van der Waals surface area contributed by atoms with Gasteiger partial charge in [-0.15, -0.1) is 0 Å².